The van der Waals surface area contributed by atoms with E-state index in [9.17, 15) is 9.90 Å². The quantitative estimate of drug-likeness (QED) is 0.628. The van der Waals surface area contributed by atoms with Crippen molar-refractivity contribution < 1.29 is 19.4 Å². The second kappa shape index (κ2) is 8.09. The molecule has 7 heteroatoms. The van der Waals surface area contributed by atoms with E-state index < -0.39 is 0 Å². The zero-order valence-electron chi connectivity index (χ0n) is 15.3. The molecular formula is C20H20N2O4S. The molecule has 1 heterocycles. The molecule has 0 spiro atoms. The van der Waals surface area contributed by atoms with Crippen molar-refractivity contribution in [3.05, 3.63) is 53.0 Å². The molecule has 0 fully saturated rings. The van der Waals surface area contributed by atoms with Crippen LogP contribution in [0.15, 0.2) is 41.8 Å². The Morgan fingerprint density at radius 2 is 1.93 bits per heavy atom. The molecule has 1 amide bonds. The third kappa shape index (κ3) is 4.38. The van der Waals surface area contributed by atoms with Crippen molar-refractivity contribution >= 4 is 22.9 Å². The van der Waals surface area contributed by atoms with Gasteiger partial charge in [0.25, 0.3) is 0 Å². The number of thiazole rings is 1. The van der Waals surface area contributed by atoms with E-state index in [1.165, 1.54) is 11.3 Å². The number of methoxy groups -OCH3 is 2. The molecule has 0 aliphatic carbocycles. The summed E-state index contributed by atoms with van der Waals surface area (Å²) in [5, 5.41) is 15.2. The highest BCUT2D eigenvalue weighted by Gasteiger charge is 2.13. The van der Waals surface area contributed by atoms with Crippen molar-refractivity contribution in [3.63, 3.8) is 0 Å². The summed E-state index contributed by atoms with van der Waals surface area (Å²) in [6.07, 6.45) is 0.122. The Balaban J connectivity index is 1.72. The van der Waals surface area contributed by atoms with Gasteiger partial charge < -0.3 is 19.9 Å². The van der Waals surface area contributed by atoms with Gasteiger partial charge >= 0.3 is 0 Å². The number of aryl methyl sites for hydroxylation is 1. The van der Waals surface area contributed by atoms with Crippen LogP contribution in [0.25, 0.3) is 10.6 Å². The number of rotatable bonds is 6. The van der Waals surface area contributed by atoms with Crippen LogP contribution in [0.3, 0.4) is 0 Å². The highest BCUT2D eigenvalue weighted by molar-refractivity contribution is 7.13. The number of nitrogens with one attached hydrogen (secondary N) is 1. The molecule has 0 saturated carbocycles. The molecule has 27 heavy (non-hydrogen) atoms. The molecule has 0 bridgehead atoms. The number of anilines is 1. The average molecular weight is 384 g/mol. The summed E-state index contributed by atoms with van der Waals surface area (Å²) < 4.78 is 10.6. The number of amides is 1. The number of aromatic nitrogens is 1. The SMILES string of the molecule is COc1ccc(-c2nc(CC(=O)Nc3cc(C)ccc3O)cs2)cc1OC. The fraction of sp³-hybridized carbons (Fsp3) is 0.200. The van der Waals surface area contributed by atoms with E-state index in [2.05, 4.69) is 10.3 Å². The van der Waals surface area contributed by atoms with Crippen LogP contribution in [0.5, 0.6) is 17.2 Å². The lowest BCUT2D eigenvalue weighted by atomic mass is 10.2. The van der Waals surface area contributed by atoms with Crippen LogP contribution in [-0.2, 0) is 11.2 Å². The van der Waals surface area contributed by atoms with Crippen molar-refractivity contribution in [1.29, 1.82) is 0 Å². The number of hydrogen-bond donors (Lipinski definition) is 2. The second-order valence-electron chi connectivity index (χ2n) is 5.96. The first-order valence-electron chi connectivity index (χ1n) is 8.26. The molecule has 3 rings (SSSR count). The van der Waals surface area contributed by atoms with Gasteiger partial charge in [-0.05, 0) is 42.8 Å². The molecule has 140 valence electrons. The molecular weight excluding hydrogens is 364 g/mol. The molecule has 3 aromatic rings. The summed E-state index contributed by atoms with van der Waals surface area (Å²) in [6.45, 7) is 1.89. The minimum atomic E-state index is -0.236. The monoisotopic (exact) mass is 384 g/mol. The number of hydrogen-bond acceptors (Lipinski definition) is 6. The van der Waals surface area contributed by atoms with Gasteiger partial charge in [-0.3, -0.25) is 4.79 Å². The van der Waals surface area contributed by atoms with Gasteiger partial charge in [-0.1, -0.05) is 6.07 Å². The van der Waals surface area contributed by atoms with Crippen molar-refractivity contribution in [2.24, 2.45) is 0 Å². The maximum Gasteiger partial charge on any atom is 0.230 e. The molecule has 2 N–H and O–H groups in total. The number of benzene rings is 2. The van der Waals surface area contributed by atoms with Crippen LogP contribution in [-0.4, -0.2) is 30.2 Å². The molecule has 0 aliphatic heterocycles. The fourth-order valence-corrected chi connectivity index (χ4v) is 3.42. The Kier molecular flexibility index (Phi) is 5.61. The van der Waals surface area contributed by atoms with Crippen molar-refractivity contribution in [3.8, 4) is 27.8 Å². The van der Waals surface area contributed by atoms with Crippen LogP contribution in [0, 0.1) is 6.92 Å². The van der Waals surface area contributed by atoms with Crippen LogP contribution < -0.4 is 14.8 Å². The van der Waals surface area contributed by atoms with Crippen LogP contribution in [0.4, 0.5) is 5.69 Å². The molecule has 1 aromatic heterocycles. The standard InChI is InChI=1S/C20H20N2O4S/c1-12-4-6-16(23)15(8-12)22-19(24)10-14-11-27-20(21-14)13-5-7-17(25-2)18(9-13)26-3/h4-9,11,23H,10H2,1-3H3,(H,22,24). The molecule has 0 saturated heterocycles. The first kappa shape index (κ1) is 18.7. The average Bonchev–Trinajstić information content (AvgIpc) is 3.12. The largest absolute Gasteiger partial charge is 0.506 e. The third-order valence-electron chi connectivity index (χ3n) is 3.95. The first-order valence-corrected chi connectivity index (χ1v) is 9.14. The second-order valence-corrected chi connectivity index (χ2v) is 6.82. The number of aromatic hydroxyl groups is 1. The minimum absolute atomic E-state index is 0.0400. The molecule has 2 aromatic carbocycles. The van der Waals surface area contributed by atoms with E-state index >= 15 is 0 Å². The van der Waals surface area contributed by atoms with Crippen molar-refractivity contribution in [1.82, 2.24) is 4.98 Å². The number of carbonyl (C=O) groups excluding carboxylic acids is 1. The van der Waals surface area contributed by atoms with Gasteiger partial charge in [-0.25, -0.2) is 4.98 Å². The van der Waals surface area contributed by atoms with E-state index in [0.717, 1.165) is 16.1 Å². The van der Waals surface area contributed by atoms with Crippen molar-refractivity contribution in [2.75, 3.05) is 19.5 Å². The van der Waals surface area contributed by atoms with Crippen molar-refractivity contribution in [2.45, 2.75) is 13.3 Å². The number of nitrogens with zero attached hydrogens (tertiary/aromatic N) is 1. The normalized spacial score (nSPS) is 10.5. The zero-order chi connectivity index (χ0) is 19.4. The molecule has 6 nitrogen and oxygen atoms in total. The molecule has 0 unspecified atom stereocenters. The number of carbonyl (C=O) groups is 1. The third-order valence-corrected chi connectivity index (χ3v) is 4.89. The van der Waals surface area contributed by atoms with Crippen LogP contribution in [0.1, 0.15) is 11.3 Å². The Labute approximate surface area is 161 Å². The zero-order valence-corrected chi connectivity index (χ0v) is 16.1. The first-order chi connectivity index (χ1) is 13.0. The van der Waals surface area contributed by atoms with Crippen LogP contribution >= 0.6 is 11.3 Å². The Morgan fingerprint density at radius 3 is 2.67 bits per heavy atom. The predicted octanol–water partition coefficient (Wildman–Crippen LogP) is 4.02. The summed E-state index contributed by atoms with van der Waals surface area (Å²) >= 11 is 1.45. The van der Waals surface area contributed by atoms with E-state index in [-0.39, 0.29) is 18.1 Å². The lowest BCUT2D eigenvalue weighted by Gasteiger charge is -2.08. The minimum Gasteiger partial charge on any atom is -0.506 e. The van der Waals surface area contributed by atoms with Gasteiger partial charge in [0, 0.05) is 10.9 Å². The van der Waals surface area contributed by atoms with E-state index in [1.807, 2.05) is 30.5 Å². The lowest BCUT2D eigenvalue weighted by Crippen LogP contribution is -2.14. The molecule has 0 atom stereocenters. The summed E-state index contributed by atoms with van der Waals surface area (Å²) in [4.78, 5) is 16.8. The van der Waals surface area contributed by atoms with Crippen LogP contribution in [0.2, 0.25) is 0 Å². The summed E-state index contributed by atoms with van der Waals surface area (Å²) in [7, 11) is 3.17. The predicted molar refractivity (Wildman–Crippen MR) is 106 cm³/mol. The molecule has 0 aliphatic rings. The van der Waals surface area contributed by atoms with Gasteiger partial charge in [0.2, 0.25) is 5.91 Å². The lowest BCUT2D eigenvalue weighted by molar-refractivity contribution is -0.115. The number of phenols is 1. The van der Waals surface area contributed by atoms with Gasteiger partial charge in [0.1, 0.15) is 10.8 Å². The number of ether oxygens (including phenoxy) is 2. The smallest absolute Gasteiger partial charge is 0.230 e. The van der Waals surface area contributed by atoms with E-state index in [0.29, 0.717) is 22.9 Å². The van der Waals surface area contributed by atoms with Gasteiger partial charge in [-0.2, -0.15) is 0 Å². The Morgan fingerprint density at radius 1 is 1.15 bits per heavy atom. The maximum absolute atomic E-state index is 12.3. The number of phenolic OH excluding ortho intramolecular Hbond substituents is 1. The Hall–Kier alpha value is -3.06. The van der Waals surface area contributed by atoms with E-state index in [4.69, 9.17) is 9.47 Å². The summed E-state index contributed by atoms with van der Waals surface area (Å²) in [6, 6.07) is 10.6. The topological polar surface area (TPSA) is 80.7 Å². The fourth-order valence-electron chi connectivity index (χ4n) is 2.60. The molecule has 0 radical (unpaired) electrons. The summed E-state index contributed by atoms with van der Waals surface area (Å²) in [5.74, 6) is 1.08. The van der Waals surface area contributed by atoms with Gasteiger partial charge in [-0.15, -0.1) is 11.3 Å². The highest BCUT2D eigenvalue weighted by Crippen LogP contribution is 2.33. The summed E-state index contributed by atoms with van der Waals surface area (Å²) in [5.41, 5.74) is 2.90. The van der Waals surface area contributed by atoms with Gasteiger partial charge in [0.05, 0.1) is 32.0 Å². The van der Waals surface area contributed by atoms with Gasteiger partial charge in [0.15, 0.2) is 11.5 Å². The maximum atomic E-state index is 12.3. The van der Waals surface area contributed by atoms with E-state index in [1.54, 1.807) is 32.4 Å². The highest BCUT2D eigenvalue weighted by atomic mass is 32.1. The Bertz CT molecular complexity index is 968.